The predicted octanol–water partition coefficient (Wildman–Crippen LogP) is 1.97. The van der Waals surface area contributed by atoms with Crippen molar-refractivity contribution in [3.8, 4) is 0 Å². The van der Waals surface area contributed by atoms with E-state index < -0.39 is 0 Å². The molecule has 0 aliphatic heterocycles. The summed E-state index contributed by atoms with van der Waals surface area (Å²) in [5.41, 5.74) is 1.27. The van der Waals surface area contributed by atoms with Gasteiger partial charge in [0.2, 0.25) is 0 Å². The van der Waals surface area contributed by atoms with E-state index in [4.69, 9.17) is 0 Å². The summed E-state index contributed by atoms with van der Waals surface area (Å²) in [7, 11) is 0. The zero-order valence-corrected chi connectivity index (χ0v) is 11.5. The molecule has 0 radical (unpaired) electrons. The van der Waals surface area contributed by atoms with Crippen LogP contribution in [0.1, 0.15) is 36.5 Å². The second kappa shape index (κ2) is 4.48. The second-order valence-electron chi connectivity index (χ2n) is 5.09. The van der Waals surface area contributed by atoms with E-state index in [1.807, 2.05) is 0 Å². The molecule has 3 rings (SSSR count). The lowest BCUT2D eigenvalue weighted by molar-refractivity contribution is 0.573. The highest BCUT2D eigenvalue weighted by Crippen LogP contribution is 2.34. The van der Waals surface area contributed by atoms with Gasteiger partial charge in [-0.3, -0.25) is 4.79 Å². The van der Waals surface area contributed by atoms with Gasteiger partial charge in [-0.1, -0.05) is 13.8 Å². The van der Waals surface area contributed by atoms with Crippen LogP contribution in [0.25, 0.3) is 10.2 Å². The molecular weight excluding hydrogens is 246 g/mol. The van der Waals surface area contributed by atoms with Gasteiger partial charge in [0.15, 0.2) is 0 Å². The molecule has 0 amide bonds. The van der Waals surface area contributed by atoms with Crippen LogP contribution >= 0.6 is 11.3 Å². The SMILES string of the molecule is CC(C)NCc1nc2sc3c(c2c(=O)[nH]1)CCC3. The first-order valence-corrected chi connectivity index (χ1v) is 7.23. The summed E-state index contributed by atoms with van der Waals surface area (Å²) >= 11 is 1.69. The van der Waals surface area contributed by atoms with Crippen LogP contribution in [0.15, 0.2) is 4.79 Å². The van der Waals surface area contributed by atoms with Crippen LogP contribution in [0.2, 0.25) is 0 Å². The Morgan fingerprint density at radius 3 is 3.06 bits per heavy atom. The van der Waals surface area contributed by atoms with Crippen molar-refractivity contribution in [3.05, 3.63) is 26.6 Å². The summed E-state index contributed by atoms with van der Waals surface area (Å²) in [5.74, 6) is 0.737. The van der Waals surface area contributed by atoms with Gasteiger partial charge >= 0.3 is 0 Å². The molecule has 2 N–H and O–H groups in total. The van der Waals surface area contributed by atoms with Gasteiger partial charge in [0.05, 0.1) is 11.9 Å². The summed E-state index contributed by atoms with van der Waals surface area (Å²) in [6.45, 7) is 4.78. The third kappa shape index (κ3) is 1.97. The van der Waals surface area contributed by atoms with Crippen LogP contribution in [-0.4, -0.2) is 16.0 Å². The molecule has 2 aromatic rings. The smallest absolute Gasteiger partial charge is 0.259 e. The molecule has 0 atom stereocenters. The first-order valence-electron chi connectivity index (χ1n) is 6.42. The van der Waals surface area contributed by atoms with Crippen molar-refractivity contribution >= 4 is 21.6 Å². The lowest BCUT2D eigenvalue weighted by Crippen LogP contribution is -2.25. The molecule has 0 saturated heterocycles. The fourth-order valence-electron chi connectivity index (χ4n) is 2.43. The highest BCUT2D eigenvalue weighted by atomic mass is 32.1. The molecule has 1 aliphatic rings. The standard InChI is InChI=1S/C13H17N3OS/c1-7(2)14-6-10-15-12(17)11-8-4-3-5-9(8)18-13(11)16-10/h7,14H,3-6H2,1-2H3,(H,15,16,17). The molecule has 96 valence electrons. The van der Waals surface area contributed by atoms with E-state index in [1.54, 1.807) is 11.3 Å². The van der Waals surface area contributed by atoms with Crippen LogP contribution in [0.3, 0.4) is 0 Å². The monoisotopic (exact) mass is 263 g/mol. The van der Waals surface area contributed by atoms with Gasteiger partial charge < -0.3 is 10.3 Å². The maximum Gasteiger partial charge on any atom is 0.259 e. The minimum atomic E-state index is 0.0277. The van der Waals surface area contributed by atoms with Crippen molar-refractivity contribution in [1.82, 2.24) is 15.3 Å². The molecular formula is C13H17N3OS. The molecule has 2 heterocycles. The highest BCUT2D eigenvalue weighted by molar-refractivity contribution is 7.18. The van der Waals surface area contributed by atoms with E-state index in [-0.39, 0.29) is 5.56 Å². The van der Waals surface area contributed by atoms with E-state index in [0.717, 1.165) is 28.9 Å². The molecule has 2 aromatic heterocycles. The minimum Gasteiger partial charge on any atom is -0.309 e. The molecule has 0 spiro atoms. The first-order chi connectivity index (χ1) is 8.65. The number of hydrogen-bond acceptors (Lipinski definition) is 4. The summed E-state index contributed by atoms with van der Waals surface area (Å²) in [4.78, 5) is 21.9. The number of fused-ring (bicyclic) bond motifs is 3. The van der Waals surface area contributed by atoms with Crippen molar-refractivity contribution < 1.29 is 0 Å². The quantitative estimate of drug-likeness (QED) is 0.890. The third-order valence-corrected chi connectivity index (χ3v) is 4.49. The third-order valence-electron chi connectivity index (χ3n) is 3.30. The Kier molecular flexibility index (Phi) is 2.95. The fourth-order valence-corrected chi connectivity index (χ4v) is 3.71. The van der Waals surface area contributed by atoms with Gasteiger partial charge in [-0.2, -0.15) is 0 Å². The van der Waals surface area contributed by atoms with Crippen molar-refractivity contribution in [3.63, 3.8) is 0 Å². The van der Waals surface area contributed by atoms with Gasteiger partial charge in [-0.25, -0.2) is 4.98 Å². The molecule has 0 bridgehead atoms. The maximum atomic E-state index is 12.1. The zero-order valence-electron chi connectivity index (χ0n) is 10.7. The predicted molar refractivity (Wildman–Crippen MR) is 74.2 cm³/mol. The van der Waals surface area contributed by atoms with Crippen LogP contribution in [0.4, 0.5) is 0 Å². The van der Waals surface area contributed by atoms with E-state index in [9.17, 15) is 4.79 Å². The zero-order chi connectivity index (χ0) is 12.7. The Bertz CT molecular complexity index is 641. The normalized spacial score (nSPS) is 14.6. The van der Waals surface area contributed by atoms with Crippen molar-refractivity contribution in [2.75, 3.05) is 0 Å². The van der Waals surface area contributed by atoms with Gasteiger partial charge in [0, 0.05) is 10.9 Å². The topological polar surface area (TPSA) is 57.8 Å². The number of hydrogen-bond donors (Lipinski definition) is 2. The highest BCUT2D eigenvalue weighted by Gasteiger charge is 2.20. The lowest BCUT2D eigenvalue weighted by Gasteiger charge is -2.07. The largest absolute Gasteiger partial charge is 0.309 e. The van der Waals surface area contributed by atoms with Gasteiger partial charge in [0.1, 0.15) is 10.7 Å². The summed E-state index contributed by atoms with van der Waals surface area (Å²) in [5, 5.41) is 4.11. The van der Waals surface area contributed by atoms with Crippen molar-refractivity contribution in [2.24, 2.45) is 0 Å². The fraction of sp³-hybridized carbons (Fsp3) is 0.538. The van der Waals surface area contributed by atoms with Crippen LogP contribution < -0.4 is 10.9 Å². The Hall–Kier alpha value is -1.20. The Morgan fingerprint density at radius 1 is 1.44 bits per heavy atom. The van der Waals surface area contributed by atoms with Crippen LogP contribution in [0.5, 0.6) is 0 Å². The van der Waals surface area contributed by atoms with E-state index in [1.165, 1.54) is 16.9 Å². The van der Waals surface area contributed by atoms with Gasteiger partial charge in [-0.15, -0.1) is 11.3 Å². The first kappa shape index (κ1) is 11.9. The molecule has 5 heteroatoms. The molecule has 4 nitrogen and oxygen atoms in total. The van der Waals surface area contributed by atoms with E-state index in [2.05, 4.69) is 29.1 Å². The number of nitrogens with one attached hydrogen (secondary N) is 2. The Morgan fingerprint density at radius 2 is 2.28 bits per heavy atom. The average molecular weight is 263 g/mol. The number of thiophene rings is 1. The van der Waals surface area contributed by atoms with Crippen LogP contribution in [-0.2, 0) is 19.4 Å². The molecule has 0 saturated carbocycles. The van der Waals surface area contributed by atoms with Crippen LogP contribution in [0, 0.1) is 0 Å². The van der Waals surface area contributed by atoms with E-state index in [0.29, 0.717) is 12.6 Å². The molecule has 1 aliphatic carbocycles. The lowest BCUT2D eigenvalue weighted by atomic mass is 10.2. The van der Waals surface area contributed by atoms with Gasteiger partial charge in [-0.05, 0) is 24.8 Å². The van der Waals surface area contributed by atoms with Crippen molar-refractivity contribution in [2.45, 2.75) is 45.7 Å². The molecule has 18 heavy (non-hydrogen) atoms. The molecule has 0 aromatic carbocycles. The number of aromatic nitrogens is 2. The Balaban J connectivity index is 2.04. The number of aromatic amines is 1. The summed E-state index contributed by atoms with van der Waals surface area (Å²) in [6.07, 6.45) is 3.31. The number of nitrogens with zero attached hydrogens (tertiary/aromatic N) is 1. The summed E-state index contributed by atoms with van der Waals surface area (Å²) in [6, 6.07) is 0.388. The number of aryl methyl sites for hydroxylation is 2. The minimum absolute atomic E-state index is 0.0277. The average Bonchev–Trinajstić information content (AvgIpc) is 2.85. The second-order valence-corrected chi connectivity index (χ2v) is 6.17. The summed E-state index contributed by atoms with van der Waals surface area (Å²) < 4.78 is 0. The molecule has 0 unspecified atom stereocenters. The van der Waals surface area contributed by atoms with Crippen molar-refractivity contribution in [1.29, 1.82) is 0 Å². The maximum absolute atomic E-state index is 12.1. The van der Waals surface area contributed by atoms with Gasteiger partial charge in [0.25, 0.3) is 5.56 Å². The Labute approximate surface area is 109 Å². The number of rotatable bonds is 3. The van der Waals surface area contributed by atoms with E-state index >= 15 is 0 Å². The number of H-pyrrole nitrogens is 1. The molecule has 0 fully saturated rings.